The fourth-order valence-corrected chi connectivity index (χ4v) is 2.01. The first-order valence-electron chi connectivity index (χ1n) is 5.59. The highest BCUT2D eigenvalue weighted by atomic mass is 16.3. The van der Waals surface area contributed by atoms with E-state index in [2.05, 4.69) is 17.2 Å². The van der Waals surface area contributed by atoms with Crippen molar-refractivity contribution in [2.75, 3.05) is 13.1 Å². The van der Waals surface area contributed by atoms with Gasteiger partial charge in [-0.15, -0.1) is 5.92 Å². The Kier molecular flexibility index (Phi) is 5.00. The molecule has 0 saturated heterocycles. The topological polar surface area (TPSA) is 32.3 Å². The molecular formula is C12H21NO. The van der Waals surface area contributed by atoms with E-state index in [1.54, 1.807) is 0 Å². The van der Waals surface area contributed by atoms with Gasteiger partial charge in [-0.2, -0.15) is 0 Å². The lowest BCUT2D eigenvalue weighted by Gasteiger charge is -2.26. The third kappa shape index (κ3) is 4.13. The molecular weight excluding hydrogens is 174 g/mol. The second-order valence-corrected chi connectivity index (χ2v) is 4.17. The van der Waals surface area contributed by atoms with Gasteiger partial charge < -0.3 is 10.4 Å². The lowest BCUT2D eigenvalue weighted by atomic mass is 9.94. The number of hydrogen-bond acceptors (Lipinski definition) is 2. The van der Waals surface area contributed by atoms with E-state index in [-0.39, 0.29) is 0 Å². The first-order valence-corrected chi connectivity index (χ1v) is 5.59. The Hall–Kier alpha value is -0.520. The second kappa shape index (κ2) is 6.06. The van der Waals surface area contributed by atoms with E-state index in [1.165, 1.54) is 12.8 Å². The van der Waals surface area contributed by atoms with Gasteiger partial charge in [-0.25, -0.2) is 0 Å². The molecule has 1 aliphatic carbocycles. The summed E-state index contributed by atoms with van der Waals surface area (Å²) >= 11 is 0. The minimum absolute atomic E-state index is 0.466. The summed E-state index contributed by atoms with van der Waals surface area (Å²) in [7, 11) is 0. The quantitative estimate of drug-likeness (QED) is 0.408. The lowest BCUT2D eigenvalue weighted by Crippen LogP contribution is -2.40. The highest BCUT2D eigenvalue weighted by molar-refractivity contribution is 4.97. The van der Waals surface area contributed by atoms with Gasteiger partial charge in [0, 0.05) is 6.54 Å². The average Bonchev–Trinajstić information content (AvgIpc) is 2.39. The molecule has 14 heavy (non-hydrogen) atoms. The molecule has 0 aliphatic heterocycles. The first-order chi connectivity index (χ1) is 6.77. The normalized spacial score (nSPS) is 20.7. The van der Waals surface area contributed by atoms with E-state index in [4.69, 9.17) is 0 Å². The zero-order valence-corrected chi connectivity index (χ0v) is 9.10. The monoisotopic (exact) mass is 195 g/mol. The largest absolute Gasteiger partial charge is 0.389 e. The van der Waals surface area contributed by atoms with Crippen LogP contribution in [0.1, 0.15) is 45.4 Å². The van der Waals surface area contributed by atoms with Crippen LogP contribution < -0.4 is 5.32 Å². The maximum Gasteiger partial charge on any atom is 0.0771 e. The molecule has 0 aromatic rings. The lowest BCUT2D eigenvalue weighted by molar-refractivity contribution is 0.0263. The summed E-state index contributed by atoms with van der Waals surface area (Å²) in [6.07, 6.45) is 6.77. The smallest absolute Gasteiger partial charge is 0.0771 e. The van der Waals surface area contributed by atoms with E-state index < -0.39 is 5.60 Å². The molecule has 0 radical (unpaired) electrons. The van der Waals surface area contributed by atoms with Crippen molar-refractivity contribution in [2.45, 2.75) is 51.0 Å². The van der Waals surface area contributed by atoms with Crippen molar-refractivity contribution >= 4 is 0 Å². The van der Waals surface area contributed by atoms with Gasteiger partial charge >= 0.3 is 0 Å². The molecule has 0 atom stereocenters. The Bertz CT molecular complexity index is 206. The standard InChI is InChI=1S/C12H21NO/c1-2-3-10-13-11-12(14)8-6-4-5-7-9-12/h13-14H,4-11H2,1H3. The van der Waals surface area contributed by atoms with E-state index >= 15 is 0 Å². The molecule has 1 fully saturated rings. The number of aliphatic hydroxyl groups is 1. The first kappa shape index (κ1) is 11.6. The summed E-state index contributed by atoms with van der Waals surface area (Å²) in [6.45, 7) is 3.22. The van der Waals surface area contributed by atoms with E-state index in [0.29, 0.717) is 13.1 Å². The highest BCUT2D eigenvalue weighted by Gasteiger charge is 2.26. The molecule has 0 aromatic heterocycles. The van der Waals surface area contributed by atoms with Crippen LogP contribution >= 0.6 is 0 Å². The van der Waals surface area contributed by atoms with Crippen LogP contribution in [0.2, 0.25) is 0 Å². The summed E-state index contributed by atoms with van der Waals surface area (Å²) in [6, 6.07) is 0. The van der Waals surface area contributed by atoms with Crippen LogP contribution in [0.15, 0.2) is 0 Å². The van der Waals surface area contributed by atoms with Crippen LogP contribution in [0.3, 0.4) is 0 Å². The molecule has 1 saturated carbocycles. The van der Waals surface area contributed by atoms with Crippen molar-refractivity contribution in [1.82, 2.24) is 5.32 Å². The third-order valence-electron chi connectivity index (χ3n) is 2.88. The number of nitrogens with one attached hydrogen (secondary N) is 1. The van der Waals surface area contributed by atoms with Gasteiger partial charge in [0.15, 0.2) is 0 Å². The van der Waals surface area contributed by atoms with E-state index in [1.807, 2.05) is 6.92 Å². The Morgan fingerprint density at radius 2 is 1.86 bits per heavy atom. The maximum absolute atomic E-state index is 10.2. The summed E-state index contributed by atoms with van der Waals surface area (Å²) in [4.78, 5) is 0. The minimum atomic E-state index is -0.466. The van der Waals surface area contributed by atoms with Crippen LogP contribution in [-0.2, 0) is 0 Å². The molecule has 2 N–H and O–H groups in total. The van der Waals surface area contributed by atoms with E-state index in [9.17, 15) is 5.11 Å². The molecule has 0 bridgehead atoms. The Labute approximate surface area is 87.1 Å². The van der Waals surface area contributed by atoms with Crippen LogP contribution in [0, 0.1) is 11.8 Å². The zero-order chi connectivity index (χ0) is 10.3. The van der Waals surface area contributed by atoms with Crippen molar-refractivity contribution in [3.63, 3.8) is 0 Å². The molecule has 80 valence electrons. The number of hydrogen-bond donors (Lipinski definition) is 2. The maximum atomic E-state index is 10.2. The van der Waals surface area contributed by atoms with Gasteiger partial charge in [-0.3, -0.25) is 0 Å². The molecule has 2 heteroatoms. The van der Waals surface area contributed by atoms with Gasteiger partial charge in [-0.05, 0) is 19.8 Å². The van der Waals surface area contributed by atoms with E-state index in [0.717, 1.165) is 25.7 Å². The van der Waals surface area contributed by atoms with Gasteiger partial charge in [0.05, 0.1) is 12.1 Å². The third-order valence-corrected chi connectivity index (χ3v) is 2.88. The van der Waals surface area contributed by atoms with Gasteiger partial charge in [0.1, 0.15) is 0 Å². The van der Waals surface area contributed by atoms with Crippen molar-refractivity contribution in [3.05, 3.63) is 0 Å². The van der Waals surface area contributed by atoms with Crippen molar-refractivity contribution in [2.24, 2.45) is 0 Å². The van der Waals surface area contributed by atoms with Gasteiger partial charge in [-0.1, -0.05) is 31.6 Å². The average molecular weight is 195 g/mol. The molecule has 0 spiro atoms. The predicted octanol–water partition coefficient (Wildman–Crippen LogP) is 1.68. The molecule has 2 nitrogen and oxygen atoms in total. The zero-order valence-electron chi connectivity index (χ0n) is 9.10. The molecule has 0 heterocycles. The fraction of sp³-hybridized carbons (Fsp3) is 0.833. The Balaban J connectivity index is 2.26. The molecule has 1 aliphatic rings. The second-order valence-electron chi connectivity index (χ2n) is 4.17. The SMILES string of the molecule is CC#CCNCC1(O)CCCCCC1. The summed E-state index contributed by atoms with van der Waals surface area (Å²) < 4.78 is 0. The van der Waals surface area contributed by atoms with Gasteiger partial charge in [0.2, 0.25) is 0 Å². The summed E-state index contributed by atoms with van der Waals surface area (Å²) in [5.41, 5.74) is -0.466. The highest BCUT2D eigenvalue weighted by Crippen LogP contribution is 2.26. The summed E-state index contributed by atoms with van der Waals surface area (Å²) in [5, 5.41) is 13.4. The van der Waals surface area contributed by atoms with Crippen molar-refractivity contribution in [1.29, 1.82) is 0 Å². The molecule has 0 unspecified atom stereocenters. The van der Waals surface area contributed by atoms with Crippen LogP contribution in [0.25, 0.3) is 0 Å². The molecule has 0 amide bonds. The Morgan fingerprint density at radius 3 is 2.43 bits per heavy atom. The number of rotatable bonds is 3. The van der Waals surface area contributed by atoms with Crippen LogP contribution in [-0.4, -0.2) is 23.8 Å². The van der Waals surface area contributed by atoms with Crippen LogP contribution in [0.4, 0.5) is 0 Å². The Morgan fingerprint density at radius 1 is 1.21 bits per heavy atom. The van der Waals surface area contributed by atoms with Gasteiger partial charge in [0.25, 0.3) is 0 Å². The fourth-order valence-electron chi connectivity index (χ4n) is 2.01. The van der Waals surface area contributed by atoms with Crippen LogP contribution in [0.5, 0.6) is 0 Å². The predicted molar refractivity (Wildman–Crippen MR) is 59.0 cm³/mol. The van der Waals surface area contributed by atoms with Crippen molar-refractivity contribution < 1.29 is 5.11 Å². The molecule has 1 rings (SSSR count). The van der Waals surface area contributed by atoms with Crippen molar-refractivity contribution in [3.8, 4) is 11.8 Å². The minimum Gasteiger partial charge on any atom is -0.389 e. The molecule has 0 aromatic carbocycles. The summed E-state index contributed by atoms with van der Waals surface area (Å²) in [5.74, 6) is 5.78.